The summed E-state index contributed by atoms with van der Waals surface area (Å²) >= 11 is 1.74. The molecule has 3 heterocycles. The maximum Gasteiger partial charge on any atom is 0.252 e. The van der Waals surface area contributed by atoms with Crippen molar-refractivity contribution in [2.45, 2.75) is 77.5 Å². The predicted molar refractivity (Wildman–Crippen MR) is 136 cm³/mol. The highest BCUT2D eigenvalue weighted by atomic mass is 32.1. The van der Waals surface area contributed by atoms with Gasteiger partial charge in [0.25, 0.3) is 5.56 Å². The molecule has 0 bridgehead atoms. The molecule has 3 aromatic heterocycles. The lowest BCUT2D eigenvalue weighted by atomic mass is 9.95. The van der Waals surface area contributed by atoms with Gasteiger partial charge in [0.2, 0.25) is 0 Å². The number of para-hydroxylation sites is 1. The first-order valence-corrected chi connectivity index (χ1v) is 13.2. The fourth-order valence-corrected chi connectivity index (χ4v) is 5.98. The minimum Gasteiger partial charge on any atom is -0.321 e. The number of H-pyrrole nitrogens is 1. The largest absolute Gasteiger partial charge is 0.321 e. The lowest BCUT2D eigenvalue weighted by Gasteiger charge is -2.31. The van der Waals surface area contributed by atoms with Crippen molar-refractivity contribution in [1.82, 2.24) is 30.1 Å². The Morgan fingerprint density at radius 2 is 2.03 bits per heavy atom. The van der Waals surface area contributed by atoms with Crippen LogP contribution in [0.5, 0.6) is 0 Å². The van der Waals surface area contributed by atoms with Gasteiger partial charge in [-0.2, -0.15) is 0 Å². The number of pyridine rings is 1. The SMILES string of the molecule is CCC(c1nnnn1C1CCCCC1)N(Cc1cccs1)Cc1cc2cccc(C)c2[nH]c1=O. The summed E-state index contributed by atoms with van der Waals surface area (Å²) < 4.78 is 2.07. The summed E-state index contributed by atoms with van der Waals surface area (Å²) in [7, 11) is 0. The molecule has 1 aliphatic carbocycles. The Balaban J connectivity index is 1.51. The van der Waals surface area contributed by atoms with Crippen LogP contribution in [0.15, 0.2) is 46.6 Å². The normalized spacial score (nSPS) is 15.9. The van der Waals surface area contributed by atoms with Gasteiger partial charge in [0.15, 0.2) is 5.82 Å². The molecule has 8 heteroatoms. The molecule has 34 heavy (non-hydrogen) atoms. The molecule has 0 radical (unpaired) electrons. The molecule has 4 aromatic rings. The molecule has 1 atom stereocenters. The Labute approximate surface area is 203 Å². The summed E-state index contributed by atoms with van der Waals surface area (Å²) in [5.74, 6) is 0.916. The van der Waals surface area contributed by atoms with Crippen LogP contribution in [0, 0.1) is 6.92 Å². The van der Waals surface area contributed by atoms with Gasteiger partial charge in [-0.3, -0.25) is 9.69 Å². The zero-order valence-electron chi connectivity index (χ0n) is 19.9. The molecular formula is C26H32N6OS. The quantitative estimate of drug-likeness (QED) is 0.361. The number of rotatable bonds is 8. The average molecular weight is 477 g/mol. The summed E-state index contributed by atoms with van der Waals surface area (Å²) in [6, 6.07) is 12.8. The van der Waals surface area contributed by atoms with Crippen LogP contribution in [-0.4, -0.2) is 30.1 Å². The number of thiophene rings is 1. The fourth-order valence-electron chi connectivity index (χ4n) is 5.25. The average Bonchev–Trinajstić information content (AvgIpc) is 3.54. The van der Waals surface area contributed by atoms with E-state index in [1.807, 2.05) is 25.1 Å². The van der Waals surface area contributed by atoms with E-state index in [-0.39, 0.29) is 11.6 Å². The smallest absolute Gasteiger partial charge is 0.252 e. The van der Waals surface area contributed by atoms with Crippen molar-refractivity contribution in [2.75, 3.05) is 0 Å². The molecule has 1 aromatic carbocycles. The molecule has 178 valence electrons. The number of hydrogen-bond acceptors (Lipinski definition) is 6. The van der Waals surface area contributed by atoms with Crippen molar-refractivity contribution in [1.29, 1.82) is 0 Å². The second-order valence-corrected chi connectivity index (χ2v) is 10.4. The minimum absolute atomic E-state index is 0.0200. The molecule has 1 aliphatic rings. The molecular weight excluding hydrogens is 444 g/mol. The number of nitrogens with one attached hydrogen (secondary N) is 1. The van der Waals surface area contributed by atoms with Crippen molar-refractivity contribution >= 4 is 22.2 Å². The molecule has 0 saturated heterocycles. The monoisotopic (exact) mass is 476 g/mol. The van der Waals surface area contributed by atoms with Crippen LogP contribution in [-0.2, 0) is 13.1 Å². The van der Waals surface area contributed by atoms with E-state index in [2.05, 4.69) is 60.6 Å². The van der Waals surface area contributed by atoms with Crippen molar-refractivity contribution in [3.8, 4) is 0 Å². The molecule has 0 aliphatic heterocycles. The predicted octanol–water partition coefficient (Wildman–Crippen LogP) is 5.54. The van der Waals surface area contributed by atoms with Crippen molar-refractivity contribution in [3.05, 3.63) is 74.0 Å². The zero-order chi connectivity index (χ0) is 23.5. The number of benzene rings is 1. The first-order valence-electron chi connectivity index (χ1n) is 12.3. The Kier molecular flexibility index (Phi) is 6.87. The summed E-state index contributed by atoms with van der Waals surface area (Å²) in [6.07, 6.45) is 6.87. The van der Waals surface area contributed by atoms with Crippen molar-refractivity contribution < 1.29 is 0 Å². The van der Waals surface area contributed by atoms with E-state index in [4.69, 9.17) is 0 Å². The Morgan fingerprint density at radius 1 is 1.18 bits per heavy atom. The summed E-state index contributed by atoms with van der Waals surface area (Å²) in [6.45, 7) is 5.49. The minimum atomic E-state index is -0.0281. The van der Waals surface area contributed by atoms with Gasteiger partial charge in [0.1, 0.15) is 0 Å². The summed E-state index contributed by atoms with van der Waals surface area (Å²) in [5.41, 5.74) is 2.73. The third kappa shape index (κ3) is 4.70. The van der Waals surface area contributed by atoms with E-state index in [9.17, 15) is 4.79 Å². The van der Waals surface area contributed by atoms with Crippen LogP contribution in [0.1, 0.15) is 79.4 Å². The summed E-state index contributed by atoms with van der Waals surface area (Å²) in [4.78, 5) is 19.9. The standard InChI is InChI=1S/C26H32N6OS/c1-3-23(25-28-29-30-32(25)21-11-5-4-6-12-21)31(17-22-13-8-14-34-22)16-20-15-19-10-7-9-18(2)24(19)27-26(20)33/h7-10,13-15,21,23H,3-6,11-12,16-17H2,1-2H3,(H,27,33). The number of nitrogens with zero attached hydrogens (tertiary/aromatic N) is 5. The molecule has 0 amide bonds. The molecule has 1 saturated carbocycles. The number of aromatic amines is 1. The van der Waals surface area contributed by atoms with Crippen LogP contribution in [0.25, 0.3) is 10.9 Å². The lowest BCUT2D eigenvalue weighted by Crippen LogP contribution is -2.33. The van der Waals surface area contributed by atoms with Gasteiger partial charge in [-0.05, 0) is 65.1 Å². The molecule has 1 fully saturated rings. The molecule has 7 nitrogen and oxygen atoms in total. The number of tetrazole rings is 1. The van der Waals surface area contributed by atoms with Crippen LogP contribution < -0.4 is 5.56 Å². The maximum absolute atomic E-state index is 13.1. The highest BCUT2D eigenvalue weighted by molar-refractivity contribution is 7.09. The second kappa shape index (κ2) is 10.2. The van der Waals surface area contributed by atoms with E-state index >= 15 is 0 Å². The molecule has 1 N–H and O–H groups in total. The van der Waals surface area contributed by atoms with E-state index in [1.54, 1.807) is 11.3 Å². The first kappa shape index (κ1) is 22.9. The highest BCUT2D eigenvalue weighted by Gasteiger charge is 2.29. The van der Waals surface area contributed by atoms with Gasteiger partial charge in [0.05, 0.1) is 17.6 Å². The first-order chi connectivity index (χ1) is 16.6. The van der Waals surface area contributed by atoms with Gasteiger partial charge in [0, 0.05) is 23.5 Å². The van der Waals surface area contributed by atoms with Gasteiger partial charge in [-0.25, -0.2) is 4.68 Å². The van der Waals surface area contributed by atoms with Crippen LogP contribution >= 0.6 is 11.3 Å². The third-order valence-corrected chi connectivity index (χ3v) is 7.90. The van der Waals surface area contributed by atoms with E-state index in [1.165, 1.54) is 24.1 Å². The summed E-state index contributed by atoms with van der Waals surface area (Å²) in [5, 5.41) is 16.2. The maximum atomic E-state index is 13.1. The number of aryl methyl sites for hydroxylation is 1. The molecule has 0 spiro atoms. The highest BCUT2D eigenvalue weighted by Crippen LogP contribution is 2.33. The van der Waals surface area contributed by atoms with Crippen LogP contribution in [0.4, 0.5) is 0 Å². The van der Waals surface area contributed by atoms with Gasteiger partial charge < -0.3 is 4.98 Å². The topological polar surface area (TPSA) is 79.7 Å². The second-order valence-electron chi connectivity index (χ2n) is 9.34. The number of hydrogen-bond donors (Lipinski definition) is 1. The molecule has 1 unspecified atom stereocenters. The number of fused-ring (bicyclic) bond motifs is 1. The van der Waals surface area contributed by atoms with Gasteiger partial charge in [-0.15, -0.1) is 16.4 Å². The number of aromatic nitrogens is 5. The van der Waals surface area contributed by atoms with Crippen molar-refractivity contribution in [2.24, 2.45) is 0 Å². The molecule has 5 rings (SSSR count). The fraction of sp³-hybridized carbons (Fsp3) is 0.462. The Morgan fingerprint density at radius 3 is 2.79 bits per heavy atom. The lowest BCUT2D eigenvalue weighted by molar-refractivity contribution is 0.157. The van der Waals surface area contributed by atoms with E-state index in [0.717, 1.165) is 53.7 Å². The van der Waals surface area contributed by atoms with Gasteiger partial charge in [-0.1, -0.05) is 50.5 Å². The van der Waals surface area contributed by atoms with Crippen LogP contribution in [0.3, 0.4) is 0 Å². The van der Waals surface area contributed by atoms with E-state index < -0.39 is 0 Å². The Hall–Kier alpha value is -2.84. The third-order valence-electron chi connectivity index (χ3n) is 7.04. The van der Waals surface area contributed by atoms with Crippen molar-refractivity contribution in [3.63, 3.8) is 0 Å². The van der Waals surface area contributed by atoms with E-state index in [0.29, 0.717) is 12.6 Å². The van der Waals surface area contributed by atoms with Crippen LogP contribution in [0.2, 0.25) is 0 Å². The Bertz CT molecular complexity index is 1290. The van der Waals surface area contributed by atoms with Gasteiger partial charge >= 0.3 is 0 Å². The zero-order valence-corrected chi connectivity index (χ0v) is 20.7.